The van der Waals surface area contributed by atoms with E-state index in [1.54, 1.807) is 54.0 Å². The van der Waals surface area contributed by atoms with Crippen molar-refractivity contribution in [1.29, 1.82) is 0 Å². The monoisotopic (exact) mass is 482 g/mol. The molecule has 0 bridgehead atoms. The zero-order chi connectivity index (χ0) is 23.9. The van der Waals surface area contributed by atoms with E-state index in [1.807, 2.05) is 0 Å². The highest BCUT2D eigenvalue weighted by atomic mass is 32.2. The van der Waals surface area contributed by atoms with Gasteiger partial charge in [-0.05, 0) is 18.6 Å². The zero-order valence-corrected chi connectivity index (χ0v) is 19.9. The SMILES string of the molecule is CCCSc1nc(NCCOC)c2cnn(CCNC(=O)c3cc(=O)c4ccccc4o3)c2n1. The maximum atomic E-state index is 12.6. The van der Waals surface area contributed by atoms with Gasteiger partial charge in [-0.2, -0.15) is 5.10 Å². The molecule has 4 aromatic rings. The fourth-order valence-electron chi connectivity index (χ4n) is 3.34. The number of aromatic nitrogens is 4. The third-order valence-corrected chi connectivity index (χ3v) is 6.03. The third-order valence-electron chi connectivity index (χ3n) is 4.98. The molecule has 1 amide bonds. The fraction of sp³-hybridized carbons (Fsp3) is 0.348. The van der Waals surface area contributed by atoms with Gasteiger partial charge in [-0.25, -0.2) is 14.6 Å². The van der Waals surface area contributed by atoms with Crippen molar-refractivity contribution in [3.63, 3.8) is 0 Å². The maximum absolute atomic E-state index is 12.6. The first-order valence-corrected chi connectivity index (χ1v) is 12.0. The Bertz CT molecular complexity index is 1350. The topological polar surface area (TPSA) is 124 Å². The van der Waals surface area contributed by atoms with Gasteiger partial charge >= 0.3 is 0 Å². The van der Waals surface area contributed by atoms with E-state index in [1.165, 1.54) is 6.07 Å². The second-order valence-electron chi connectivity index (χ2n) is 7.45. The lowest BCUT2D eigenvalue weighted by Gasteiger charge is -2.10. The van der Waals surface area contributed by atoms with Crippen LogP contribution >= 0.6 is 11.8 Å². The van der Waals surface area contributed by atoms with E-state index in [2.05, 4.69) is 32.6 Å². The summed E-state index contributed by atoms with van der Waals surface area (Å²) in [5.74, 6) is 1.12. The molecule has 34 heavy (non-hydrogen) atoms. The van der Waals surface area contributed by atoms with Crippen LogP contribution in [0, 0.1) is 0 Å². The van der Waals surface area contributed by atoms with Crippen molar-refractivity contribution in [2.45, 2.75) is 25.0 Å². The molecule has 11 heteroatoms. The van der Waals surface area contributed by atoms with E-state index in [4.69, 9.17) is 9.15 Å². The summed E-state index contributed by atoms with van der Waals surface area (Å²) in [6.07, 6.45) is 2.72. The molecule has 4 rings (SSSR count). The molecule has 0 aliphatic heterocycles. The number of anilines is 1. The second-order valence-corrected chi connectivity index (χ2v) is 8.52. The van der Waals surface area contributed by atoms with Gasteiger partial charge in [0.05, 0.1) is 30.1 Å². The van der Waals surface area contributed by atoms with Gasteiger partial charge in [-0.3, -0.25) is 9.59 Å². The fourth-order valence-corrected chi connectivity index (χ4v) is 4.03. The highest BCUT2D eigenvalue weighted by Gasteiger charge is 2.15. The molecule has 0 unspecified atom stereocenters. The van der Waals surface area contributed by atoms with Crippen molar-refractivity contribution in [3.8, 4) is 0 Å². The summed E-state index contributed by atoms with van der Waals surface area (Å²) < 4.78 is 12.4. The zero-order valence-electron chi connectivity index (χ0n) is 19.0. The Morgan fingerprint density at radius 2 is 2.06 bits per heavy atom. The number of carbonyl (C=O) groups excluding carboxylic acids is 1. The van der Waals surface area contributed by atoms with Crippen molar-refractivity contribution >= 4 is 45.5 Å². The molecule has 2 N–H and O–H groups in total. The smallest absolute Gasteiger partial charge is 0.287 e. The minimum Gasteiger partial charge on any atom is -0.451 e. The van der Waals surface area contributed by atoms with Gasteiger partial charge in [0.15, 0.2) is 22.0 Å². The molecule has 0 aliphatic carbocycles. The van der Waals surface area contributed by atoms with Gasteiger partial charge in [0.1, 0.15) is 11.4 Å². The van der Waals surface area contributed by atoms with Crippen molar-refractivity contribution in [3.05, 3.63) is 52.5 Å². The summed E-state index contributed by atoms with van der Waals surface area (Å²) in [6.45, 7) is 3.93. The summed E-state index contributed by atoms with van der Waals surface area (Å²) in [5, 5.41) is 12.4. The van der Waals surface area contributed by atoms with Crippen molar-refractivity contribution in [2.24, 2.45) is 0 Å². The molecule has 3 aromatic heterocycles. The summed E-state index contributed by atoms with van der Waals surface area (Å²) in [4.78, 5) is 34.1. The highest BCUT2D eigenvalue weighted by Crippen LogP contribution is 2.24. The minimum atomic E-state index is -0.463. The average Bonchev–Trinajstić information content (AvgIpc) is 3.25. The average molecular weight is 483 g/mol. The van der Waals surface area contributed by atoms with Gasteiger partial charge < -0.3 is 19.8 Å². The first kappa shape index (κ1) is 23.7. The number of para-hydroxylation sites is 1. The van der Waals surface area contributed by atoms with Crippen LogP contribution in [0.5, 0.6) is 0 Å². The van der Waals surface area contributed by atoms with Crippen LogP contribution in [0.4, 0.5) is 5.82 Å². The number of fused-ring (bicyclic) bond motifs is 2. The van der Waals surface area contributed by atoms with Crippen LogP contribution in [0.3, 0.4) is 0 Å². The third kappa shape index (κ3) is 5.37. The number of carbonyl (C=O) groups is 1. The van der Waals surface area contributed by atoms with E-state index in [9.17, 15) is 9.59 Å². The quantitative estimate of drug-likeness (QED) is 0.189. The Balaban J connectivity index is 1.49. The van der Waals surface area contributed by atoms with Gasteiger partial charge in [-0.15, -0.1) is 0 Å². The molecular formula is C23H26N6O4S. The maximum Gasteiger partial charge on any atom is 0.287 e. The highest BCUT2D eigenvalue weighted by molar-refractivity contribution is 7.99. The van der Waals surface area contributed by atoms with Crippen molar-refractivity contribution in [1.82, 2.24) is 25.1 Å². The molecule has 178 valence electrons. The number of nitrogens with one attached hydrogen (secondary N) is 2. The number of amides is 1. The van der Waals surface area contributed by atoms with E-state index in [0.717, 1.165) is 17.6 Å². The first-order valence-electron chi connectivity index (χ1n) is 11.0. The van der Waals surface area contributed by atoms with E-state index in [-0.39, 0.29) is 17.7 Å². The van der Waals surface area contributed by atoms with Crippen LogP contribution in [-0.2, 0) is 11.3 Å². The largest absolute Gasteiger partial charge is 0.451 e. The Hall–Kier alpha value is -3.44. The standard InChI is InChI=1S/C23H26N6O4S/c1-3-12-34-23-27-20(24-9-11-32-2)16-14-26-29(21(16)28-23)10-8-25-22(31)19-13-17(30)15-6-4-5-7-18(15)33-19/h4-7,13-14H,3,8-12H2,1-2H3,(H,25,31)(H,24,27,28). The Labute approximate surface area is 200 Å². The molecule has 3 heterocycles. The summed E-state index contributed by atoms with van der Waals surface area (Å²) in [6, 6.07) is 8.04. The molecule has 0 atom stereocenters. The number of hydrogen-bond donors (Lipinski definition) is 2. The van der Waals surface area contributed by atoms with Crippen molar-refractivity contribution < 1.29 is 13.9 Å². The summed E-state index contributed by atoms with van der Waals surface area (Å²) >= 11 is 1.58. The van der Waals surface area contributed by atoms with Gasteiger partial charge in [0, 0.05) is 32.0 Å². The number of ether oxygens (including phenoxy) is 1. The minimum absolute atomic E-state index is 0.0285. The molecule has 0 saturated heterocycles. The molecule has 0 saturated carbocycles. The lowest BCUT2D eigenvalue weighted by Crippen LogP contribution is -2.28. The number of hydrogen-bond acceptors (Lipinski definition) is 9. The Kier molecular flexibility index (Phi) is 7.76. The van der Waals surface area contributed by atoms with Crippen LogP contribution in [0.2, 0.25) is 0 Å². The summed E-state index contributed by atoms with van der Waals surface area (Å²) in [7, 11) is 1.65. The number of methoxy groups -OCH3 is 1. The number of benzene rings is 1. The van der Waals surface area contributed by atoms with Crippen molar-refractivity contribution in [2.75, 3.05) is 37.9 Å². The predicted molar refractivity (Wildman–Crippen MR) is 132 cm³/mol. The molecule has 0 fully saturated rings. The van der Waals surface area contributed by atoms with E-state index in [0.29, 0.717) is 47.3 Å². The number of thioether (sulfide) groups is 1. The Morgan fingerprint density at radius 1 is 1.21 bits per heavy atom. The molecule has 1 aromatic carbocycles. The van der Waals surface area contributed by atoms with Gasteiger partial charge in [0.25, 0.3) is 5.91 Å². The van der Waals surface area contributed by atoms with Gasteiger partial charge in [-0.1, -0.05) is 30.8 Å². The predicted octanol–water partition coefficient (Wildman–Crippen LogP) is 2.92. The van der Waals surface area contributed by atoms with E-state index < -0.39 is 5.91 Å². The van der Waals surface area contributed by atoms with E-state index >= 15 is 0 Å². The number of nitrogens with zero attached hydrogens (tertiary/aromatic N) is 4. The van der Waals surface area contributed by atoms with Crippen LogP contribution in [0.1, 0.15) is 23.9 Å². The molecule has 10 nitrogen and oxygen atoms in total. The van der Waals surface area contributed by atoms with Crippen LogP contribution in [-0.4, -0.2) is 58.2 Å². The Morgan fingerprint density at radius 3 is 2.88 bits per heavy atom. The summed E-state index contributed by atoms with van der Waals surface area (Å²) in [5.41, 5.74) is 0.799. The normalized spacial score (nSPS) is 11.2. The van der Waals surface area contributed by atoms with Gasteiger partial charge in [0.2, 0.25) is 0 Å². The second kappa shape index (κ2) is 11.1. The first-order chi connectivity index (χ1) is 16.6. The molecule has 0 spiro atoms. The molecule has 0 aliphatic rings. The number of rotatable bonds is 11. The lowest BCUT2D eigenvalue weighted by molar-refractivity contribution is 0.0925. The van der Waals surface area contributed by atoms with Crippen LogP contribution < -0.4 is 16.1 Å². The molecular weight excluding hydrogens is 456 g/mol. The lowest BCUT2D eigenvalue weighted by atomic mass is 10.2. The van der Waals surface area contributed by atoms with Crippen LogP contribution in [0.25, 0.3) is 22.0 Å². The molecule has 0 radical (unpaired) electrons. The van der Waals surface area contributed by atoms with Crippen LogP contribution in [0.15, 0.2) is 50.9 Å².